The van der Waals surface area contributed by atoms with Gasteiger partial charge in [-0.05, 0) is 73.5 Å². The molecule has 1 saturated heterocycles. The van der Waals surface area contributed by atoms with Gasteiger partial charge in [-0.2, -0.15) is 0 Å². The fourth-order valence-corrected chi connectivity index (χ4v) is 5.90. The number of nitrogens with one attached hydrogen (secondary N) is 1. The number of nitrogens with zero attached hydrogens (tertiary/aromatic N) is 1. The largest absolute Gasteiger partial charge is 0.472 e. The van der Waals surface area contributed by atoms with E-state index in [1.165, 1.54) is 43.2 Å². The van der Waals surface area contributed by atoms with Crippen LogP contribution in [0.1, 0.15) is 48.8 Å². The van der Waals surface area contributed by atoms with Crippen molar-refractivity contribution in [1.29, 1.82) is 0 Å². The first-order chi connectivity index (χ1) is 13.7. The number of hydrogen-bond acceptors (Lipinski definition) is 3. The van der Waals surface area contributed by atoms with E-state index in [1.54, 1.807) is 29.6 Å². The van der Waals surface area contributed by atoms with Gasteiger partial charge in [-0.1, -0.05) is 18.9 Å². The van der Waals surface area contributed by atoms with E-state index in [0.29, 0.717) is 11.5 Å². The van der Waals surface area contributed by atoms with Gasteiger partial charge in [-0.3, -0.25) is 4.79 Å². The maximum absolute atomic E-state index is 12.7. The summed E-state index contributed by atoms with van der Waals surface area (Å²) in [6.07, 6.45) is 14.3. The summed E-state index contributed by atoms with van der Waals surface area (Å²) in [6, 6.07) is 9.17. The molecule has 2 heterocycles. The lowest BCUT2D eigenvalue weighted by Gasteiger charge is -2.56. The van der Waals surface area contributed by atoms with Gasteiger partial charge >= 0.3 is 0 Å². The fourth-order valence-electron chi connectivity index (χ4n) is 5.90. The van der Waals surface area contributed by atoms with E-state index in [-0.39, 0.29) is 18.3 Å². The lowest BCUT2D eigenvalue weighted by atomic mass is 9.53. The highest BCUT2D eigenvalue weighted by Crippen LogP contribution is 2.54. The lowest BCUT2D eigenvalue weighted by Crippen LogP contribution is -2.59. The van der Waals surface area contributed by atoms with Crippen LogP contribution in [0.25, 0.3) is 6.08 Å². The zero-order chi connectivity index (χ0) is 19.1. The summed E-state index contributed by atoms with van der Waals surface area (Å²) in [5, 5.41) is 3.79. The van der Waals surface area contributed by atoms with Gasteiger partial charge in [0.25, 0.3) is 5.91 Å². The highest BCUT2D eigenvalue weighted by Gasteiger charge is 2.51. The Morgan fingerprint density at radius 3 is 3.00 bits per heavy atom. The molecule has 4 nitrogen and oxygen atoms in total. The second-order valence-electron chi connectivity index (χ2n) is 8.65. The molecule has 1 aliphatic heterocycles. The average Bonchev–Trinajstić information content (AvgIpc) is 3.25. The van der Waals surface area contributed by atoms with E-state index in [9.17, 15) is 4.79 Å². The van der Waals surface area contributed by atoms with Crippen molar-refractivity contribution in [2.45, 2.75) is 50.0 Å². The molecular weight excluding hydrogens is 384 g/mol. The second-order valence-corrected chi connectivity index (χ2v) is 8.65. The summed E-state index contributed by atoms with van der Waals surface area (Å²) in [6.45, 7) is 1.12. The van der Waals surface area contributed by atoms with Gasteiger partial charge in [0.2, 0.25) is 0 Å². The fraction of sp³-hybridized carbons (Fsp3) is 0.458. The molecule has 154 valence electrons. The van der Waals surface area contributed by atoms with Gasteiger partial charge in [-0.25, -0.2) is 0 Å². The van der Waals surface area contributed by atoms with Crippen molar-refractivity contribution in [2.75, 3.05) is 18.5 Å². The summed E-state index contributed by atoms with van der Waals surface area (Å²) in [5.41, 5.74) is 5.21. The quantitative estimate of drug-likeness (QED) is 0.741. The van der Waals surface area contributed by atoms with Crippen molar-refractivity contribution in [3.05, 3.63) is 59.6 Å². The first-order valence-electron chi connectivity index (χ1n) is 10.5. The van der Waals surface area contributed by atoms with Crippen LogP contribution in [0.15, 0.2) is 47.3 Å². The van der Waals surface area contributed by atoms with E-state index in [1.807, 2.05) is 13.1 Å². The molecule has 3 aliphatic rings. The van der Waals surface area contributed by atoms with Gasteiger partial charge < -0.3 is 14.6 Å². The molecule has 0 unspecified atom stereocenters. The van der Waals surface area contributed by atoms with Crippen molar-refractivity contribution in [1.82, 2.24) is 5.32 Å². The van der Waals surface area contributed by atoms with E-state index in [4.69, 9.17) is 4.42 Å². The molecule has 29 heavy (non-hydrogen) atoms. The molecule has 0 spiro atoms. The Hall–Kier alpha value is -2.04. The third-order valence-corrected chi connectivity index (χ3v) is 7.31. The maximum atomic E-state index is 12.7. The molecule has 2 fully saturated rings. The molecule has 1 N–H and O–H groups in total. The van der Waals surface area contributed by atoms with Crippen LogP contribution in [0.4, 0.5) is 5.69 Å². The highest BCUT2D eigenvalue weighted by molar-refractivity contribution is 6.03. The number of fused-ring (bicyclic) bond motifs is 1. The molecule has 1 aromatic heterocycles. The number of piperidine rings is 1. The Morgan fingerprint density at radius 1 is 1.28 bits per heavy atom. The van der Waals surface area contributed by atoms with Crippen molar-refractivity contribution in [2.24, 2.45) is 5.92 Å². The monoisotopic (exact) mass is 412 g/mol. The normalized spacial score (nSPS) is 27.6. The number of likely N-dealkylation sites (N-methyl/N-ethyl adjacent to an activating group) is 1. The van der Waals surface area contributed by atoms with Gasteiger partial charge in [0.05, 0.1) is 12.5 Å². The minimum absolute atomic E-state index is 0. The Bertz CT molecular complexity index is 904. The predicted octanol–water partition coefficient (Wildman–Crippen LogP) is 4.72. The van der Waals surface area contributed by atoms with Crippen molar-refractivity contribution < 1.29 is 9.21 Å². The Kier molecular flexibility index (Phi) is 5.58. The zero-order valence-corrected chi connectivity index (χ0v) is 17.7. The highest BCUT2D eigenvalue weighted by atomic mass is 35.5. The number of benzene rings is 1. The van der Waals surface area contributed by atoms with E-state index in [0.717, 1.165) is 30.1 Å². The summed E-state index contributed by atoms with van der Waals surface area (Å²) in [7, 11) is 1.87. The molecule has 2 aliphatic carbocycles. The van der Waals surface area contributed by atoms with Gasteiger partial charge in [0, 0.05) is 35.8 Å². The molecule has 1 saturated carbocycles. The van der Waals surface area contributed by atoms with E-state index in [2.05, 4.69) is 23.5 Å². The molecule has 1 amide bonds. The number of amides is 1. The van der Waals surface area contributed by atoms with Crippen LogP contribution >= 0.6 is 12.4 Å². The average molecular weight is 413 g/mol. The van der Waals surface area contributed by atoms with Crippen LogP contribution in [0.2, 0.25) is 0 Å². The molecule has 5 rings (SSSR count). The number of carbonyl (C=O) groups is 1. The molecule has 1 aromatic carbocycles. The van der Waals surface area contributed by atoms with Crippen LogP contribution in [0.3, 0.4) is 0 Å². The number of carbonyl (C=O) groups excluding carboxylic acids is 1. The van der Waals surface area contributed by atoms with Crippen LogP contribution in [-0.2, 0) is 16.6 Å². The number of furan rings is 1. The molecule has 0 radical (unpaired) electrons. The minimum Gasteiger partial charge on any atom is -0.472 e. The molecule has 5 heteroatoms. The number of hydrogen-bond donors (Lipinski definition) is 1. The van der Waals surface area contributed by atoms with Crippen LogP contribution in [0, 0.1) is 5.92 Å². The Morgan fingerprint density at radius 2 is 2.17 bits per heavy atom. The number of halogens is 1. The summed E-state index contributed by atoms with van der Waals surface area (Å²) in [5.74, 6) is 0.734. The standard InChI is InChI=1S/C24H28N2O2.ClH/c1-26(23(27)8-5-17-9-13-28-16-17)19-7-6-18-14-22-20-4-2-3-10-24(20,11-12-25-22)21(18)15-19;/h5-9,13,15-16,20,22,25H,2-4,10-12,14H2,1H3;1H/t20-,22+,24+;/m0./s1. The summed E-state index contributed by atoms with van der Waals surface area (Å²) < 4.78 is 5.06. The summed E-state index contributed by atoms with van der Waals surface area (Å²) in [4.78, 5) is 14.5. The van der Waals surface area contributed by atoms with Crippen LogP contribution < -0.4 is 10.2 Å². The first-order valence-corrected chi connectivity index (χ1v) is 10.5. The first kappa shape index (κ1) is 20.2. The third kappa shape index (κ3) is 3.43. The second kappa shape index (κ2) is 8.00. The molecule has 2 bridgehead atoms. The van der Waals surface area contributed by atoms with E-state index < -0.39 is 0 Å². The van der Waals surface area contributed by atoms with E-state index >= 15 is 0 Å². The van der Waals surface area contributed by atoms with Gasteiger partial charge in [0.1, 0.15) is 0 Å². The van der Waals surface area contributed by atoms with Gasteiger partial charge in [0.15, 0.2) is 0 Å². The van der Waals surface area contributed by atoms with Crippen molar-refractivity contribution in [3.8, 4) is 0 Å². The summed E-state index contributed by atoms with van der Waals surface area (Å²) >= 11 is 0. The maximum Gasteiger partial charge on any atom is 0.250 e. The number of anilines is 1. The topological polar surface area (TPSA) is 45.5 Å². The Balaban J connectivity index is 0.00000205. The third-order valence-electron chi connectivity index (χ3n) is 7.31. The molecule has 3 atom stereocenters. The predicted molar refractivity (Wildman–Crippen MR) is 119 cm³/mol. The van der Waals surface area contributed by atoms with Gasteiger partial charge in [-0.15, -0.1) is 12.4 Å². The van der Waals surface area contributed by atoms with Crippen molar-refractivity contribution in [3.63, 3.8) is 0 Å². The van der Waals surface area contributed by atoms with Crippen LogP contribution in [0.5, 0.6) is 0 Å². The molecular formula is C24H29ClN2O2. The zero-order valence-electron chi connectivity index (χ0n) is 16.9. The van der Waals surface area contributed by atoms with Crippen molar-refractivity contribution >= 4 is 30.1 Å². The Labute approximate surface area is 178 Å². The minimum atomic E-state index is -0.0159. The number of rotatable bonds is 3. The molecule has 2 aromatic rings. The smallest absolute Gasteiger partial charge is 0.250 e. The van der Waals surface area contributed by atoms with Crippen LogP contribution in [-0.4, -0.2) is 25.5 Å². The lowest BCUT2D eigenvalue weighted by molar-refractivity contribution is -0.113. The SMILES string of the molecule is CN(C(=O)C=Cc1ccoc1)c1ccc2c(c1)[C@@]13CCCC[C@H]1[C@@H](C2)NCC3.Cl.